The lowest BCUT2D eigenvalue weighted by atomic mass is 10.2. The van der Waals surface area contributed by atoms with Gasteiger partial charge in [0.1, 0.15) is 0 Å². The van der Waals surface area contributed by atoms with Crippen LogP contribution in [0.2, 0.25) is 5.02 Å². The highest BCUT2D eigenvalue weighted by Gasteiger charge is 2.28. The second kappa shape index (κ2) is 6.11. The van der Waals surface area contributed by atoms with Gasteiger partial charge in [0.25, 0.3) is 0 Å². The van der Waals surface area contributed by atoms with Crippen LogP contribution in [0.15, 0.2) is 29.6 Å². The molecule has 1 fully saturated rings. The largest absolute Gasteiger partial charge is 0.392 e. The fourth-order valence-electron chi connectivity index (χ4n) is 2.23. The first-order valence-electron chi connectivity index (χ1n) is 6.56. The molecule has 0 spiro atoms. The average molecular weight is 324 g/mol. The molecule has 0 saturated carbocycles. The predicted molar refractivity (Wildman–Crippen MR) is 83.6 cm³/mol. The SMILES string of the molecule is O=C(Nc1nc(-c2ccccc2Cl)cs1)[C@@H]1C[C@H](O)CN1. The average Bonchev–Trinajstić information content (AvgIpc) is 3.08. The summed E-state index contributed by atoms with van der Waals surface area (Å²) in [7, 11) is 0. The molecule has 1 aromatic heterocycles. The third kappa shape index (κ3) is 3.24. The first kappa shape index (κ1) is 14.5. The molecule has 0 radical (unpaired) electrons. The van der Waals surface area contributed by atoms with Gasteiger partial charge in [-0.3, -0.25) is 4.79 Å². The molecule has 1 aromatic carbocycles. The lowest BCUT2D eigenvalue weighted by Gasteiger charge is -2.08. The normalized spacial score (nSPS) is 21.4. The zero-order chi connectivity index (χ0) is 14.8. The molecule has 21 heavy (non-hydrogen) atoms. The highest BCUT2D eigenvalue weighted by Crippen LogP contribution is 2.30. The molecule has 1 saturated heterocycles. The Morgan fingerprint density at radius 1 is 1.48 bits per heavy atom. The number of nitrogens with one attached hydrogen (secondary N) is 2. The number of benzene rings is 1. The smallest absolute Gasteiger partial charge is 0.243 e. The molecule has 7 heteroatoms. The number of hydrogen-bond donors (Lipinski definition) is 3. The molecule has 0 aliphatic carbocycles. The number of amides is 1. The molecule has 1 aliphatic rings. The molecule has 1 aliphatic heterocycles. The van der Waals surface area contributed by atoms with E-state index >= 15 is 0 Å². The van der Waals surface area contributed by atoms with Crippen LogP contribution in [0.4, 0.5) is 5.13 Å². The molecule has 3 N–H and O–H groups in total. The summed E-state index contributed by atoms with van der Waals surface area (Å²) in [6.07, 6.45) is -0.0371. The van der Waals surface area contributed by atoms with E-state index in [1.165, 1.54) is 11.3 Å². The van der Waals surface area contributed by atoms with Gasteiger partial charge in [-0.05, 0) is 12.5 Å². The molecule has 2 atom stereocenters. The van der Waals surface area contributed by atoms with Crippen LogP contribution in [-0.4, -0.2) is 34.7 Å². The maximum atomic E-state index is 12.0. The zero-order valence-electron chi connectivity index (χ0n) is 11.0. The molecular weight excluding hydrogens is 310 g/mol. The van der Waals surface area contributed by atoms with Crippen molar-refractivity contribution in [3.8, 4) is 11.3 Å². The number of β-amino-alcohol motifs (C(OH)–C–C–N with tert-alkyl or cyclic N) is 1. The van der Waals surface area contributed by atoms with Gasteiger partial charge < -0.3 is 15.7 Å². The van der Waals surface area contributed by atoms with Crippen LogP contribution < -0.4 is 10.6 Å². The summed E-state index contributed by atoms with van der Waals surface area (Å²) in [5, 5.41) is 18.2. The molecule has 110 valence electrons. The standard InChI is InChI=1S/C14H14ClN3O2S/c15-10-4-2-1-3-9(10)12-7-21-14(17-12)18-13(20)11-5-8(19)6-16-11/h1-4,7-8,11,16,19H,5-6H2,(H,17,18,20)/t8-,11-/m0/s1. The van der Waals surface area contributed by atoms with Gasteiger partial charge in [-0.2, -0.15) is 0 Å². The van der Waals surface area contributed by atoms with Gasteiger partial charge >= 0.3 is 0 Å². The molecule has 1 amide bonds. The van der Waals surface area contributed by atoms with E-state index in [4.69, 9.17) is 11.6 Å². The van der Waals surface area contributed by atoms with Crippen LogP contribution in [0.25, 0.3) is 11.3 Å². The number of halogens is 1. The zero-order valence-corrected chi connectivity index (χ0v) is 12.6. The van der Waals surface area contributed by atoms with Crippen molar-refractivity contribution >= 4 is 34.0 Å². The first-order chi connectivity index (χ1) is 10.1. The molecular formula is C14H14ClN3O2S. The highest BCUT2D eigenvalue weighted by atomic mass is 35.5. The van der Waals surface area contributed by atoms with Gasteiger partial charge in [-0.1, -0.05) is 29.8 Å². The highest BCUT2D eigenvalue weighted by molar-refractivity contribution is 7.14. The summed E-state index contributed by atoms with van der Waals surface area (Å²) in [5.41, 5.74) is 1.57. The van der Waals surface area contributed by atoms with Gasteiger partial charge in [-0.25, -0.2) is 4.98 Å². The van der Waals surface area contributed by atoms with E-state index in [0.717, 1.165) is 11.3 Å². The van der Waals surface area contributed by atoms with Crippen LogP contribution in [0.3, 0.4) is 0 Å². The van der Waals surface area contributed by atoms with Crippen molar-refractivity contribution in [3.05, 3.63) is 34.7 Å². The minimum atomic E-state index is -0.462. The number of carbonyl (C=O) groups excluding carboxylic acids is 1. The lowest BCUT2D eigenvalue weighted by Crippen LogP contribution is -2.35. The Bertz CT molecular complexity index is 661. The lowest BCUT2D eigenvalue weighted by molar-refractivity contribution is -0.117. The topological polar surface area (TPSA) is 74.2 Å². The molecule has 0 bridgehead atoms. The fourth-order valence-corrected chi connectivity index (χ4v) is 3.18. The minimum absolute atomic E-state index is 0.174. The summed E-state index contributed by atoms with van der Waals surface area (Å²) in [6, 6.07) is 7.07. The Morgan fingerprint density at radius 3 is 3.00 bits per heavy atom. The van der Waals surface area contributed by atoms with E-state index in [-0.39, 0.29) is 11.9 Å². The summed E-state index contributed by atoms with van der Waals surface area (Å²) in [5.74, 6) is -0.174. The van der Waals surface area contributed by atoms with Crippen molar-refractivity contribution in [1.82, 2.24) is 10.3 Å². The van der Waals surface area contributed by atoms with E-state index in [0.29, 0.717) is 23.1 Å². The van der Waals surface area contributed by atoms with Crippen molar-refractivity contribution in [2.75, 3.05) is 11.9 Å². The number of nitrogens with zero attached hydrogens (tertiary/aromatic N) is 1. The van der Waals surface area contributed by atoms with Gasteiger partial charge in [-0.15, -0.1) is 11.3 Å². The van der Waals surface area contributed by atoms with Crippen LogP contribution in [0, 0.1) is 0 Å². The van der Waals surface area contributed by atoms with E-state index in [9.17, 15) is 9.90 Å². The van der Waals surface area contributed by atoms with Gasteiger partial charge in [0.2, 0.25) is 5.91 Å². The number of aliphatic hydroxyl groups excluding tert-OH is 1. The number of carbonyl (C=O) groups is 1. The van der Waals surface area contributed by atoms with Crippen molar-refractivity contribution in [1.29, 1.82) is 0 Å². The van der Waals surface area contributed by atoms with Crippen molar-refractivity contribution in [2.24, 2.45) is 0 Å². The number of aromatic nitrogens is 1. The molecule has 0 unspecified atom stereocenters. The maximum absolute atomic E-state index is 12.0. The Morgan fingerprint density at radius 2 is 2.29 bits per heavy atom. The van der Waals surface area contributed by atoms with Crippen molar-refractivity contribution in [2.45, 2.75) is 18.6 Å². The van der Waals surface area contributed by atoms with Crippen LogP contribution >= 0.6 is 22.9 Å². The number of hydrogen-bond acceptors (Lipinski definition) is 5. The monoisotopic (exact) mass is 323 g/mol. The molecule has 5 nitrogen and oxygen atoms in total. The molecule has 2 heterocycles. The van der Waals surface area contributed by atoms with E-state index < -0.39 is 6.10 Å². The molecule has 2 aromatic rings. The third-order valence-electron chi connectivity index (χ3n) is 3.31. The summed E-state index contributed by atoms with van der Waals surface area (Å²) in [6.45, 7) is 0.445. The predicted octanol–water partition coefficient (Wildman–Crippen LogP) is 2.12. The number of aliphatic hydroxyl groups is 1. The van der Waals surface area contributed by atoms with Gasteiger partial charge in [0.05, 0.1) is 17.8 Å². The Kier molecular flexibility index (Phi) is 4.21. The number of thiazole rings is 1. The molecule has 3 rings (SSSR count). The van der Waals surface area contributed by atoms with E-state index in [1.807, 2.05) is 23.6 Å². The Hall–Kier alpha value is -1.47. The van der Waals surface area contributed by atoms with Crippen LogP contribution in [-0.2, 0) is 4.79 Å². The maximum Gasteiger partial charge on any atom is 0.243 e. The quantitative estimate of drug-likeness (QED) is 0.809. The van der Waals surface area contributed by atoms with Gasteiger partial charge in [0.15, 0.2) is 5.13 Å². The number of anilines is 1. The van der Waals surface area contributed by atoms with Gasteiger partial charge in [0, 0.05) is 22.5 Å². The van der Waals surface area contributed by atoms with Crippen molar-refractivity contribution < 1.29 is 9.90 Å². The second-order valence-corrected chi connectivity index (χ2v) is 6.12. The van der Waals surface area contributed by atoms with Crippen LogP contribution in [0.1, 0.15) is 6.42 Å². The third-order valence-corrected chi connectivity index (χ3v) is 4.40. The van der Waals surface area contributed by atoms with Crippen LogP contribution in [0.5, 0.6) is 0 Å². The van der Waals surface area contributed by atoms with E-state index in [2.05, 4.69) is 15.6 Å². The van der Waals surface area contributed by atoms with E-state index in [1.54, 1.807) is 6.07 Å². The summed E-state index contributed by atoms with van der Waals surface area (Å²) in [4.78, 5) is 16.4. The first-order valence-corrected chi connectivity index (χ1v) is 7.82. The Balaban J connectivity index is 1.71. The van der Waals surface area contributed by atoms with Crippen molar-refractivity contribution in [3.63, 3.8) is 0 Å². The summed E-state index contributed by atoms with van der Waals surface area (Å²) < 4.78 is 0. The number of rotatable bonds is 3. The second-order valence-electron chi connectivity index (χ2n) is 4.86. The Labute approximate surface area is 131 Å². The fraction of sp³-hybridized carbons (Fsp3) is 0.286. The summed E-state index contributed by atoms with van der Waals surface area (Å²) >= 11 is 7.48. The minimum Gasteiger partial charge on any atom is -0.392 e.